The van der Waals surface area contributed by atoms with Gasteiger partial charge in [0, 0.05) is 15.7 Å². The van der Waals surface area contributed by atoms with Gasteiger partial charge >= 0.3 is 0 Å². The fraction of sp³-hybridized carbons (Fsp3) is 0.364. The van der Waals surface area contributed by atoms with Crippen LogP contribution in [0.4, 0.5) is 0 Å². The summed E-state index contributed by atoms with van der Waals surface area (Å²) in [5.74, 6) is 0.0230. The minimum Gasteiger partial charge on any atom is -0.352 e. The zero-order chi connectivity index (χ0) is 10.4. The van der Waals surface area contributed by atoms with Crippen molar-refractivity contribution in [3.63, 3.8) is 0 Å². The Morgan fingerprint density at radius 1 is 1.36 bits per heavy atom. The lowest BCUT2D eigenvalue weighted by Gasteiger charge is -2.03. The predicted octanol–water partition coefficient (Wildman–Crippen LogP) is 2.82. The van der Waals surface area contributed by atoms with E-state index in [1.165, 1.54) is 0 Å². The maximum Gasteiger partial charge on any atom is 0.251 e. The number of benzene rings is 1. The summed E-state index contributed by atoms with van der Waals surface area (Å²) in [7, 11) is 0. The first kappa shape index (κ1) is 11.5. The van der Waals surface area contributed by atoms with Gasteiger partial charge in [-0.2, -0.15) is 0 Å². The molecule has 76 valence electrons. The van der Waals surface area contributed by atoms with Gasteiger partial charge in [0.15, 0.2) is 0 Å². The molecule has 0 aromatic heterocycles. The van der Waals surface area contributed by atoms with Crippen LogP contribution in [-0.2, 0) is 0 Å². The summed E-state index contributed by atoms with van der Waals surface area (Å²) in [6, 6.07) is 7.58. The van der Waals surface area contributed by atoms with Gasteiger partial charge < -0.3 is 5.32 Å². The molecular formula is C11H14INO. The summed E-state index contributed by atoms with van der Waals surface area (Å²) in [5, 5.41) is 2.88. The number of nitrogens with one attached hydrogen (secondary N) is 1. The average Bonchev–Trinajstić information content (AvgIpc) is 2.19. The Morgan fingerprint density at radius 2 is 2.00 bits per heavy atom. The summed E-state index contributed by atoms with van der Waals surface area (Å²) in [4.78, 5) is 11.5. The van der Waals surface area contributed by atoms with E-state index in [-0.39, 0.29) is 5.91 Å². The van der Waals surface area contributed by atoms with Crippen molar-refractivity contribution in [2.75, 3.05) is 6.54 Å². The Morgan fingerprint density at radius 3 is 2.57 bits per heavy atom. The van der Waals surface area contributed by atoms with Crippen LogP contribution >= 0.6 is 22.6 Å². The molecule has 0 aliphatic heterocycles. The Kier molecular flexibility index (Phi) is 4.93. The number of carbonyl (C=O) groups excluding carboxylic acids is 1. The topological polar surface area (TPSA) is 29.1 Å². The average molecular weight is 301 g/mol. The van der Waals surface area contributed by atoms with Crippen LogP contribution in [0.3, 0.4) is 0 Å². The highest BCUT2D eigenvalue weighted by Gasteiger charge is 2.02. The van der Waals surface area contributed by atoms with Crippen LogP contribution in [0.1, 0.15) is 30.1 Å². The third kappa shape index (κ3) is 3.65. The SMILES string of the molecule is CCCCNC(=O)c1ccc([125I])cc1. The smallest absolute Gasteiger partial charge is 0.251 e. The van der Waals surface area contributed by atoms with E-state index < -0.39 is 0 Å². The maximum atomic E-state index is 11.5. The van der Waals surface area contributed by atoms with E-state index >= 15 is 0 Å². The first-order valence-corrected chi connectivity index (χ1v) is 5.85. The number of carbonyl (C=O) groups is 1. The van der Waals surface area contributed by atoms with E-state index in [1.807, 2.05) is 24.3 Å². The molecule has 0 atom stereocenters. The Balaban J connectivity index is 2.48. The van der Waals surface area contributed by atoms with Gasteiger partial charge in [-0.05, 0) is 53.3 Å². The van der Waals surface area contributed by atoms with Gasteiger partial charge in [-0.1, -0.05) is 13.3 Å². The number of amides is 1. The summed E-state index contributed by atoms with van der Waals surface area (Å²) in [6.07, 6.45) is 2.14. The molecule has 0 fully saturated rings. The highest BCUT2D eigenvalue weighted by molar-refractivity contribution is 14.1. The van der Waals surface area contributed by atoms with Gasteiger partial charge in [0.1, 0.15) is 0 Å². The highest BCUT2D eigenvalue weighted by Crippen LogP contribution is 2.06. The van der Waals surface area contributed by atoms with Crippen molar-refractivity contribution in [2.24, 2.45) is 0 Å². The van der Waals surface area contributed by atoms with E-state index in [1.54, 1.807) is 0 Å². The lowest BCUT2D eigenvalue weighted by Crippen LogP contribution is -2.24. The second kappa shape index (κ2) is 6.01. The van der Waals surface area contributed by atoms with Gasteiger partial charge in [-0.3, -0.25) is 4.79 Å². The molecule has 0 unspecified atom stereocenters. The fourth-order valence-electron chi connectivity index (χ4n) is 1.08. The molecule has 0 saturated carbocycles. The number of rotatable bonds is 4. The van der Waals surface area contributed by atoms with Crippen molar-refractivity contribution in [3.8, 4) is 0 Å². The molecule has 0 aliphatic carbocycles. The van der Waals surface area contributed by atoms with Crippen molar-refractivity contribution in [3.05, 3.63) is 33.4 Å². The van der Waals surface area contributed by atoms with Crippen LogP contribution in [0.5, 0.6) is 0 Å². The molecule has 0 aliphatic rings. The molecule has 0 saturated heterocycles. The monoisotopic (exact) mass is 301 g/mol. The fourth-order valence-corrected chi connectivity index (χ4v) is 1.44. The minimum absolute atomic E-state index is 0.0230. The third-order valence-corrected chi connectivity index (χ3v) is 2.64. The molecule has 1 aromatic carbocycles. The largest absolute Gasteiger partial charge is 0.352 e. The van der Waals surface area contributed by atoms with Crippen molar-refractivity contribution in [1.29, 1.82) is 0 Å². The third-order valence-electron chi connectivity index (χ3n) is 1.92. The molecule has 1 N–H and O–H groups in total. The molecule has 14 heavy (non-hydrogen) atoms. The molecule has 3 heteroatoms. The molecular weight excluding hydrogens is 287 g/mol. The van der Waals surface area contributed by atoms with Crippen LogP contribution in [0.25, 0.3) is 0 Å². The highest BCUT2D eigenvalue weighted by atomic mass is 125. The normalized spacial score (nSPS) is 9.86. The minimum atomic E-state index is 0.0230. The van der Waals surface area contributed by atoms with E-state index in [0.29, 0.717) is 0 Å². The second-order valence-corrected chi connectivity index (χ2v) is 4.36. The lowest BCUT2D eigenvalue weighted by atomic mass is 10.2. The maximum absolute atomic E-state index is 11.5. The van der Waals surface area contributed by atoms with Crippen molar-refractivity contribution in [1.82, 2.24) is 5.32 Å². The van der Waals surface area contributed by atoms with E-state index in [0.717, 1.165) is 28.5 Å². The first-order chi connectivity index (χ1) is 6.74. The second-order valence-electron chi connectivity index (χ2n) is 3.12. The molecule has 2 nitrogen and oxygen atoms in total. The van der Waals surface area contributed by atoms with Crippen molar-refractivity contribution in [2.45, 2.75) is 19.8 Å². The van der Waals surface area contributed by atoms with Gasteiger partial charge in [0.05, 0.1) is 0 Å². The van der Waals surface area contributed by atoms with Gasteiger partial charge in [0.2, 0.25) is 0 Å². The van der Waals surface area contributed by atoms with Gasteiger partial charge in [-0.25, -0.2) is 0 Å². The summed E-state index contributed by atoms with van der Waals surface area (Å²) in [6.45, 7) is 2.87. The van der Waals surface area contributed by atoms with E-state index in [4.69, 9.17) is 0 Å². The standard InChI is InChI=1S/C11H14INO/c1-2-3-8-13-11(14)9-4-6-10(12)7-5-9/h4-7H,2-3,8H2,1H3,(H,13,14)/i12-2. The molecule has 0 heterocycles. The number of hydrogen-bond donors (Lipinski definition) is 1. The zero-order valence-corrected chi connectivity index (χ0v) is 10.4. The number of halogens is 1. The Hall–Kier alpha value is -0.580. The molecule has 0 spiro atoms. The predicted molar refractivity (Wildman–Crippen MR) is 66.4 cm³/mol. The van der Waals surface area contributed by atoms with Crippen LogP contribution in [0.2, 0.25) is 0 Å². The van der Waals surface area contributed by atoms with Crippen molar-refractivity contribution >= 4 is 28.5 Å². The van der Waals surface area contributed by atoms with Crippen LogP contribution in [0.15, 0.2) is 24.3 Å². The first-order valence-electron chi connectivity index (χ1n) is 4.78. The lowest BCUT2D eigenvalue weighted by molar-refractivity contribution is 0.0953. The molecule has 1 rings (SSSR count). The van der Waals surface area contributed by atoms with Gasteiger partial charge in [-0.15, -0.1) is 0 Å². The van der Waals surface area contributed by atoms with Crippen LogP contribution < -0.4 is 5.32 Å². The number of unbranched alkanes of at least 4 members (excludes halogenated alkanes) is 1. The van der Waals surface area contributed by atoms with Crippen molar-refractivity contribution < 1.29 is 4.79 Å². The Labute approximate surface area is 98.2 Å². The molecule has 0 radical (unpaired) electrons. The quantitative estimate of drug-likeness (QED) is 0.672. The van der Waals surface area contributed by atoms with E-state index in [2.05, 4.69) is 34.8 Å². The Bertz CT molecular complexity index is 295. The summed E-state index contributed by atoms with van der Waals surface area (Å²) >= 11 is 2.22. The van der Waals surface area contributed by atoms with E-state index in [9.17, 15) is 4.79 Å². The zero-order valence-electron chi connectivity index (χ0n) is 8.22. The molecule has 1 amide bonds. The van der Waals surface area contributed by atoms with Crippen LogP contribution in [0, 0.1) is 3.57 Å². The molecule has 1 aromatic rings. The van der Waals surface area contributed by atoms with Gasteiger partial charge in [0.25, 0.3) is 5.91 Å². The summed E-state index contributed by atoms with van der Waals surface area (Å²) < 4.78 is 1.15. The summed E-state index contributed by atoms with van der Waals surface area (Å²) in [5.41, 5.74) is 0.738. The van der Waals surface area contributed by atoms with Crippen LogP contribution in [-0.4, -0.2) is 12.5 Å². The number of hydrogen-bond acceptors (Lipinski definition) is 1. The molecule has 0 bridgehead atoms.